The fourth-order valence-corrected chi connectivity index (χ4v) is 1.44. The lowest BCUT2D eigenvalue weighted by Crippen LogP contribution is -2.17. The lowest BCUT2D eigenvalue weighted by atomic mass is 10.2. The molecule has 0 radical (unpaired) electrons. The van der Waals surface area contributed by atoms with Crippen LogP contribution in [0.15, 0.2) is 53.6 Å². The minimum atomic E-state index is -0.517. The molecule has 0 aliphatic carbocycles. The number of amides is 1. The first kappa shape index (κ1) is 12.8. The first-order chi connectivity index (χ1) is 9.16. The van der Waals surface area contributed by atoms with Gasteiger partial charge in [0.25, 0.3) is 5.91 Å². The maximum atomic E-state index is 12.7. The molecule has 2 aromatic carbocycles. The van der Waals surface area contributed by atoms with Crippen molar-refractivity contribution in [2.75, 3.05) is 0 Å². The third-order valence-electron chi connectivity index (χ3n) is 2.40. The second-order valence-corrected chi connectivity index (χ2v) is 3.77. The average Bonchev–Trinajstić information content (AvgIpc) is 2.41. The van der Waals surface area contributed by atoms with Gasteiger partial charge in [0, 0.05) is 0 Å². The Hall–Kier alpha value is -2.69. The molecule has 0 aliphatic heterocycles. The van der Waals surface area contributed by atoms with Gasteiger partial charge in [-0.15, -0.1) is 0 Å². The number of carbonyl (C=O) groups excluding carboxylic acids is 1. The van der Waals surface area contributed by atoms with Crippen LogP contribution in [0.25, 0.3) is 0 Å². The van der Waals surface area contributed by atoms with E-state index in [0.29, 0.717) is 5.56 Å². The number of carbonyl (C=O) groups is 1. The summed E-state index contributed by atoms with van der Waals surface area (Å²) in [5, 5.41) is 13.2. The SMILES string of the molecule is O=C(N/N=C\c1ccc(F)cc1)c1ccccc1O. The first-order valence-corrected chi connectivity index (χ1v) is 5.54. The maximum absolute atomic E-state index is 12.7. The summed E-state index contributed by atoms with van der Waals surface area (Å²) in [6.07, 6.45) is 1.39. The number of phenols is 1. The van der Waals surface area contributed by atoms with E-state index >= 15 is 0 Å². The molecule has 96 valence electrons. The van der Waals surface area contributed by atoms with E-state index in [1.54, 1.807) is 12.1 Å². The molecule has 0 spiro atoms. The summed E-state index contributed by atoms with van der Waals surface area (Å²) in [7, 11) is 0. The van der Waals surface area contributed by atoms with Gasteiger partial charge in [-0.25, -0.2) is 9.82 Å². The molecule has 0 heterocycles. The molecule has 0 fully saturated rings. The van der Waals surface area contributed by atoms with Gasteiger partial charge in [0.1, 0.15) is 11.6 Å². The summed E-state index contributed by atoms with van der Waals surface area (Å²) in [6.45, 7) is 0. The molecule has 1 amide bonds. The second kappa shape index (κ2) is 5.77. The van der Waals surface area contributed by atoms with Crippen molar-refractivity contribution in [3.05, 3.63) is 65.5 Å². The van der Waals surface area contributed by atoms with Crippen molar-refractivity contribution in [1.82, 2.24) is 5.43 Å². The molecule has 19 heavy (non-hydrogen) atoms. The zero-order valence-electron chi connectivity index (χ0n) is 9.88. The molecule has 0 aliphatic rings. The quantitative estimate of drug-likeness (QED) is 0.655. The summed E-state index contributed by atoms with van der Waals surface area (Å²) in [5.41, 5.74) is 3.07. The van der Waals surface area contributed by atoms with E-state index in [1.807, 2.05) is 0 Å². The maximum Gasteiger partial charge on any atom is 0.275 e. The van der Waals surface area contributed by atoms with E-state index < -0.39 is 5.91 Å². The van der Waals surface area contributed by atoms with Gasteiger partial charge in [-0.05, 0) is 29.8 Å². The Labute approximate surface area is 109 Å². The van der Waals surface area contributed by atoms with Crippen LogP contribution < -0.4 is 5.43 Å². The van der Waals surface area contributed by atoms with Crippen molar-refractivity contribution in [3.8, 4) is 5.75 Å². The van der Waals surface area contributed by atoms with Crippen LogP contribution in [-0.4, -0.2) is 17.2 Å². The van der Waals surface area contributed by atoms with Gasteiger partial charge in [-0.3, -0.25) is 4.79 Å². The van der Waals surface area contributed by atoms with E-state index in [1.165, 1.54) is 42.6 Å². The number of aromatic hydroxyl groups is 1. The number of hydrazone groups is 1. The summed E-state index contributed by atoms with van der Waals surface area (Å²) in [6, 6.07) is 11.8. The molecule has 0 saturated heterocycles. The highest BCUT2D eigenvalue weighted by Crippen LogP contribution is 2.14. The minimum absolute atomic E-state index is 0.114. The highest BCUT2D eigenvalue weighted by Gasteiger charge is 2.08. The van der Waals surface area contributed by atoms with Crippen LogP contribution >= 0.6 is 0 Å². The zero-order chi connectivity index (χ0) is 13.7. The number of nitrogens with one attached hydrogen (secondary N) is 1. The number of para-hydroxylation sites is 1. The second-order valence-electron chi connectivity index (χ2n) is 3.77. The molecule has 2 rings (SSSR count). The van der Waals surface area contributed by atoms with Gasteiger partial charge < -0.3 is 5.11 Å². The highest BCUT2D eigenvalue weighted by atomic mass is 19.1. The van der Waals surface area contributed by atoms with Crippen LogP contribution in [0.3, 0.4) is 0 Å². The Morgan fingerprint density at radius 2 is 1.84 bits per heavy atom. The largest absolute Gasteiger partial charge is 0.507 e. The average molecular weight is 258 g/mol. The third-order valence-corrected chi connectivity index (χ3v) is 2.40. The fraction of sp³-hybridized carbons (Fsp3) is 0. The smallest absolute Gasteiger partial charge is 0.275 e. The molecule has 0 saturated carbocycles. The first-order valence-electron chi connectivity index (χ1n) is 5.54. The summed E-state index contributed by atoms with van der Waals surface area (Å²) < 4.78 is 12.7. The van der Waals surface area contributed by atoms with Gasteiger partial charge in [-0.1, -0.05) is 24.3 Å². The predicted octanol–water partition coefficient (Wildman–Crippen LogP) is 2.30. The monoisotopic (exact) mass is 258 g/mol. The van der Waals surface area contributed by atoms with Crippen molar-refractivity contribution in [1.29, 1.82) is 0 Å². The standard InChI is InChI=1S/C14H11FN2O2/c15-11-7-5-10(6-8-11)9-16-17-14(19)12-3-1-2-4-13(12)18/h1-9,18H,(H,17,19)/b16-9-. The van der Waals surface area contributed by atoms with Gasteiger partial charge >= 0.3 is 0 Å². The molecular formula is C14H11FN2O2. The van der Waals surface area contributed by atoms with Crippen molar-refractivity contribution in [2.45, 2.75) is 0 Å². The molecule has 0 atom stereocenters. The molecule has 2 aromatic rings. The summed E-state index contributed by atoms with van der Waals surface area (Å²) >= 11 is 0. The molecule has 0 aromatic heterocycles. The lowest BCUT2D eigenvalue weighted by Gasteiger charge is -2.01. The summed E-state index contributed by atoms with van der Waals surface area (Å²) in [4.78, 5) is 11.7. The van der Waals surface area contributed by atoms with E-state index in [2.05, 4.69) is 10.5 Å². The fourth-order valence-electron chi connectivity index (χ4n) is 1.44. The Morgan fingerprint density at radius 1 is 1.16 bits per heavy atom. The van der Waals surface area contributed by atoms with Crippen molar-refractivity contribution >= 4 is 12.1 Å². The van der Waals surface area contributed by atoms with Crippen LogP contribution in [-0.2, 0) is 0 Å². The van der Waals surface area contributed by atoms with Gasteiger partial charge in [0.15, 0.2) is 0 Å². The minimum Gasteiger partial charge on any atom is -0.507 e. The van der Waals surface area contributed by atoms with Crippen molar-refractivity contribution in [3.63, 3.8) is 0 Å². The molecular weight excluding hydrogens is 247 g/mol. The van der Waals surface area contributed by atoms with Crippen LogP contribution in [0.2, 0.25) is 0 Å². The molecule has 2 N–H and O–H groups in total. The van der Waals surface area contributed by atoms with E-state index in [0.717, 1.165) is 0 Å². The predicted molar refractivity (Wildman–Crippen MR) is 69.6 cm³/mol. The third kappa shape index (κ3) is 3.38. The Bertz CT molecular complexity index is 609. The number of phenolic OH excluding ortho intramolecular Hbond substituents is 1. The van der Waals surface area contributed by atoms with Gasteiger partial charge in [-0.2, -0.15) is 5.10 Å². The van der Waals surface area contributed by atoms with E-state index in [9.17, 15) is 14.3 Å². The van der Waals surface area contributed by atoms with E-state index in [4.69, 9.17) is 0 Å². The van der Waals surface area contributed by atoms with Crippen molar-refractivity contribution < 1.29 is 14.3 Å². The Morgan fingerprint density at radius 3 is 2.53 bits per heavy atom. The van der Waals surface area contributed by atoms with Crippen LogP contribution in [0.1, 0.15) is 15.9 Å². The number of nitrogens with zero attached hydrogens (tertiary/aromatic N) is 1. The Kier molecular flexibility index (Phi) is 3.87. The van der Waals surface area contributed by atoms with Gasteiger partial charge in [0.2, 0.25) is 0 Å². The highest BCUT2D eigenvalue weighted by molar-refractivity contribution is 5.97. The lowest BCUT2D eigenvalue weighted by molar-refractivity contribution is 0.0952. The summed E-state index contributed by atoms with van der Waals surface area (Å²) in [5.74, 6) is -0.969. The number of rotatable bonds is 3. The number of benzene rings is 2. The van der Waals surface area contributed by atoms with Gasteiger partial charge in [0.05, 0.1) is 11.8 Å². The normalized spacial score (nSPS) is 10.6. The molecule has 5 heteroatoms. The van der Waals surface area contributed by atoms with Crippen molar-refractivity contribution in [2.24, 2.45) is 5.10 Å². The van der Waals surface area contributed by atoms with Crippen LogP contribution in [0, 0.1) is 5.82 Å². The number of hydrogen-bond donors (Lipinski definition) is 2. The van der Waals surface area contributed by atoms with E-state index in [-0.39, 0.29) is 17.1 Å². The molecule has 0 unspecified atom stereocenters. The number of halogens is 1. The van der Waals surface area contributed by atoms with Crippen LogP contribution in [0.5, 0.6) is 5.75 Å². The Balaban J connectivity index is 2.01. The number of hydrogen-bond acceptors (Lipinski definition) is 3. The molecule has 0 bridgehead atoms. The topological polar surface area (TPSA) is 61.7 Å². The molecule has 4 nitrogen and oxygen atoms in total. The van der Waals surface area contributed by atoms with Crippen LogP contribution in [0.4, 0.5) is 4.39 Å². The zero-order valence-corrected chi connectivity index (χ0v) is 9.88.